The van der Waals surface area contributed by atoms with Gasteiger partial charge in [0.15, 0.2) is 17.1 Å². The van der Waals surface area contributed by atoms with Crippen LogP contribution in [0.1, 0.15) is 21.0 Å². The number of amides is 2. The summed E-state index contributed by atoms with van der Waals surface area (Å²) in [5.41, 5.74) is 0.935. The molecule has 0 bridgehead atoms. The summed E-state index contributed by atoms with van der Waals surface area (Å²) in [7, 11) is 3.10. The Kier molecular flexibility index (Phi) is 4.29. The van der Waals surface area contributed by atoms with Gasteiger partial charge in [-0.2, -0.15) is 5.10 Å². The molecule has 8 nitrogen and oxygen atoms in total. The van der Waals surface area contributed by atoms with Crippen LogP contribution in [0.5, 0.6) is 0 Å². The Bertz CT molecular complexity index is 930. The van der Waals surface area contributed by atoms with Gasteiger partial charge in [0.05, 0.1) is 5.69 Å². The van der Waals surface area contributed by atoms with E-state index in [9.17, 15) is 14.0 Å². The highest BCUT2D eigenvalue weighted by Crippen LogP contribution is 2.21. The van der Waals surface area contributed by atoms with E-state index in [0.29, 0.717) is 11.3 Å². The van der Waals surface area contributed by atoms with Gasteiger partial charge in [-0.15, -0.1) is 0 Å². The van der Waals surface area contributed by atoms with Crippen LogP contribution in [0.2, 0.25) is 0 Å². The van der Waals surface area contributed by atoms with Gasteiger partial charge in [-0.1, -0.05) is 5.16 Å². The number of benzene rings is 1. The number of halogens is 1. The fourth-order valence-corrected chi connectivity index (χ4v) is 2.18. The Morgan fingerprint density at radius 2 is 1.92 bits per heavy atom. The molecule has 25 heavy (non-hydrogen) atoms. The number of carbonyl (C=O) groups is 2. The minimum absolute atomic E-state index is 0.0195. The zero-order valence-electron chi connectivity index (χ0n) is 13.4. The molecule has 0 fully saturated rings. The Balaban J connectivity index is 1.81. The molecule has 2 heterocycles. The molecule has 1 aromatic carbocycles. The minimum Gasteiger partial charge on any atom is -0.355 e. The van der Waals surface area contributed by atoms with Crippen molar-refractivity contribution >= 4 is 17.5 Å². The molecule has 2 aromatic heterocycles. The summed E-state index contributed by atoms with van der Waals surface area (Å²) in [4.78, 5) is 24.1. The van der Waals surface area contributed by atoms with Crippen LogP contribution < -0.4 is 10.6 Å². The van der Waals surface area contributed by atoms with Crippen LogP contribution in [0.3, 0.4) is 0 Å². The molecule has 9 heteroatoms. The van der Waals surface area contributed by atoms with E-state index in [1.54, 1.807) is 7.05 Å². The van der Waals surface area contributed by atoms with E-state index < -0.39 is 11.8 Å². The number of aryl methyl sites for hydroxylation is 1. The van der Waals surface area contributed by atoms with Crippen molar-refractivity contribution in [3.8, 4) is 11.3 Å². The lowest BCUT2D eigenvalue weighted by molar-refractivity contribution is 0.0958. The second-order valence-electron chi connectivity index (χ2n) is 5.18. The second kappa shape index (κ2) is 6.56. The summed E-state index contributed by atoms with van der Waals surface area (Å²) in [5, 5.41) is 12.7. The lowest BCUT2D eigenvalue weighted by Crippen LogP contribution is -2.21. The summed E-state index contributed by atoms with van der Waals surface area (Å²) < 4.78 is 19.5. The Morgan fingerprint density at radius 3 is 2.60 bits per heavy atom. The van der Waals surface area contributed by atoms with Crippen molar-refractivity contribution in [1.82, 2.24) is 20.3 Å². The summed E-state index contributed by atoms with van der Waals surface area (Å²) in [5.74, 6) is -1.04. The van der Waals surface area contributed by atoms with Gasteiger partial charge in [-0.05, 0) is 24.3 Å². The molecule has 0 aliphatic rings. The zero-order chi connectivity index (χ0) is 18.0. The van der Waals surface area contributed by atoms with Crippen molar-refractivity contribution in [1.29, 1.82) is 0 Å². The maximum atomic E-state index is 13.0. The Morgan fingerprint density at radius 1 is 1.20 bits per heavy atom. The monoisotopic (exact) mass is 343 g/mol. The lowest BCUT2D eigenvalue weighted by atomic mass is 10.1. The predicted molar refractivity (Wildman–Crippen MR) is 86.4 cm³/mol. The molecule has 0 aliphatic carbocycles. The van der Waals surface area contributed by atoms with Crippen LogP contribution in [-0.2, 0) is 7.05 Å². The summed E-state index contributed by atoms with van der Waals surface area (Å²) in [6.07, 6.45) is 1.50. The van der Waals surface area contributed by atoms with E-state index in [1.165, 1.54) is 48.3 Å². The van der Waals surface area contributed by atoms with Crippen LogP contribution in [-0.4, -0.2) is 33.8 Å². The Hall–Kier alpha value is -3.49. The second-order valence-corrected chi connectivity index (χ2v) is 5.18. The number of nitrogens with zero attached hydrogens (tertiary/aromatic N) is 3. The van der Waals surface area contributed by atoms with Crippen molar-refractivity contribution in [3.63, 3.8) is 0 Å². The molecule has 0 radical (unpaired) electrons. The van der Waals surface area contributed by atoms with E-state index >= 15 is 0 Å². The first kappa shape index (κ1) is 16.4. The third kappa shape index (κ3) is 3.39. The molecule has 0 saturated heterocycles. The van der Waals surface area contributed by atoms with E-state index in [4.69, 9.17) is 4.52 Å². The summed E-state index contributed by atoms with van der Waals surface area (Å²) in [6.45, 7) is 0. The lowest BCUT2D eigenvalue weighted by Gasteiger charge is -2.01. The number of aromatic nitrogens is 3. The van der Waals surface area contributed by atoms with Crippen LogP contribution >= 0.6 is 0 Å². The van der Waals surface area contributed by atoms with E-state index in [2.05, 4.69) is 20.9 Å². The van der Waals surface area contributed by atoms with Gasteiger partial charge in [-0.25, -0.2) is 4.39 Å². The maximum Gasteiger partial charge on any atom is 0.277 e. The summed E-state index contributed by atoms with van der Waals surface area (Å²) in [6, 6.07) is 7.02. The van der Waals surface area contributed by atoms with Crippen LogP contribution in [0.25, 0.3) is 11.3 Å². The first-order valence-electron chi connectivity index (χ1n) is 7.27. The standard InChI is InChI=1S/C16H14FN5O3/c1-18-16(24)14-12(8-22(2)20-14)19-15(23)11-7-13(25-21-11)9-3-5-10(17)6-4-9/h3-8H,1-2H3,(H,18,24)(H,19,23). The van der Waals surface area contributed by atoms with Crippen LogP contribution in [0.4, 0.5) is 10.1 Å². The first-order chi connectivity index (χ1) is 12.0. The maximum absolute atomic E-state index is 13.0. The van der Waals surface area contributed by atoms with Gasteiger partial charge < -0.3 is 15.2 Å². The van der Waals surface area contributed by atoms with Crippen molar-refractivity contribution in [2.45, 2.75) is 0 Å². The predicted octanol–water partition coefficient (Wildman–Crippen LogP) is 1.83. The molecule has 128 valence electrons. The molecule has 0 saturated carbocycles. The van der Waals surface area contributed by atoms with Gasteiger partial charge >= 0.3 is 0 Å². The molecule has 0 spiro atoms. The molecule has 0 aliphatic heterocycles. The Labute approximate surface area is 141 Å². The highest BCUT2D eigenvalue weighted by Gasteiger charge is 2.20. The van der Waals surface area contributed by atoms with Gasteiger partial charge in [0, 0.05) is 31.9 Å². The van der Waals surface area contributed by atoms with Crippen molar-refractivity contribution in [2.75, 3.05) is 12.4 Å². The number of carbonyl (C=O) groups excluding carboxylic acids is 2. The number of hydrogen-bond acceptors (Lipinski definition) is 5. The van der Waals surface area contributed by atoms with Crippen molar-refractivity contribution in [2.24, 2.45) is 7.05 Å². The molecular formula is C16H14FN5O3. The fraction of sp³-hybridized carbons (Fsp3) is 0.125. The quantitative estimate of drug-likeness (QED) is 0.752. The molecule has 3 rings (SSSR count). The number of rotatable bonds is 4. The molecule has 2 amide bonds. The third-order valence-corrected chi connectivity index (χ3v) is 3.39. The highest BCUT2D eigenvalue weighted by atomic mass is 19.1. The molecule has 0 unspecified atom stereocenters. The molecule has 0 atom stereocenters. The molecule has 2 N–H and O–H groups in total. The highest BCUT2D eigenvalue weighted by molar-refractivity contribution is 6.07. The number of hydrogen-bond donors (Lipinski definition) is 2. The van der Waals surface area contributed by atoms with Gasteiger partial charge in [0.1, 0.15) is 5.82 Å². The number of anilines is 1. The molecular weight excluding hydrogens is 329 g/mol. The van der Waals surface area contributed by atoms with E-state index in [0.717, 1.165) is 0 Å². The normalized spacial score (nSPS) is 10.5. The van der Waals surface area contributed by atoms with Crippen molar-refractivity contribution in [3.05, 3.63) is 53.7 Å². The minimum atomic E-state index is -0.560. The van der Waals surface area contributed by atoms with Crippen LogP contribution in [0, 0.1) is 5.82 Å². The van der Waals surface area contributed by atoms with Crippen LogP contribution in [0.15, 0.2) is 41.1 Å². The van der Waals surface area contributed by atoms with Gasteiger partial charge in [-0.3, -0.25) is 14.3 Å². The largest absolute Gasteiger partial charge is 0.355 e. The average molecular weight is 343 g/mol. The number of nitrogens with one attached hydrogen (secondary N) is 2. The SMILES string of the molecule is CNC(=O)c1nn(C)cc1NC(=O)c1cc(-c2ccc(F)cc2)on1. The van der Waals surface area contributed by atoms with Gasteiger partial charge in [0.2, 0.25) is 0 Å². The average Bonchev–Trinajstić information content (AvgIpc) is 3.22. The first-order valence-corrected chi connectivity index (χ1v) is 7.27. The van der Waals surface area contributed by atoms with Crippen molar-refractivity contribution < 1.29 is 18.5 Å². The van der Waals surface area contributed by atoms with E-state index in [1.807, 2.05) is 0 Å². The topological polar surface area (TPSA) is 102 Å². The van der Waals surface area contributed by atoms with Gasteiger partial charge in [0.25, 0.3) is 11.8 Å². The van der Waals surface area contributed by atoms with E-state index in [-0.39, 0.29) is 22.9 Å². The fourth-order valence-electron chi connectivity index (χ4n) is 2.18. The molecule has 3 aromatic rings. The smallest absolute Gasteiger partial charge is 0.277 e. The third-order valence-electron chi connectivity index (χ3n) is 3.39. The zero-order valence-corrected chi connectivity index (χ0v) is 13.4. The summed E-state index contributed by atoms with van der Waals surface area (Å²) >= 11 is 0.